The van der Waals surface area contributed by atoms with E-state index in [9.17, 15) is 4.79 Å². The van der Waals surface area contributed by atoms with E-state index in [1.54, 1.807) is 6.07 Å². The fourth-order valence-electron chi connectivity index (χ4n) is 4.08. The monoisotopic (exact) mass is 390 g/mol. The Kier molecular flexibility index (Phi) is 4.82. The number of hydrogen-bond acceptors (Lipinski definition) is 5. The van der Waals surface area contributed by atoms with Gasteiger partial charge in [0, 0.05) is 42.4 Å². The first kappa shape index (κ1) is 18.3. The van der Waals surface area contributed by atoms with Crippen molar-refractivity contribution in [2.45, 2.75) is 32.6 Å². The standard InChI is InChI=1S/C19H23ClN4O3/c1-12-3-4-14(9-16(12)20)22-18(25)24-10-15(17-21-13(2)23-27-17)19(11-24)5-7-26-8-6-19/h3-4,9,15H,5-8,10-11H2,1-2H3,(H,22,25)/t15-/m1/s1. The van der Waals surface area contributed by atoms with Gasteiger partial charge >= 0.3 is 6.03 Å². The summed E-state index contributed by atoms with van der Waals surface area (Å²) in [6.07, 6.45) is 1.75. The van der Waals surface area contributed by atoms with E-state index in [1.807, 2.05) is 30.9 Å². The van der Waals surface area contributed by atoms with Crippen LogP contribution in [0.1, 0.15) is 36.0 Å². The van der Waals surface area contributed by atoms with Crippen LogP contribution in [0, 0.1) is 19.3 Å². The first-order valence-corrected chi connectivity index (χ1v) is 9.55. The molecule has 0 radical (unpaired) electrons. The Morgan fingerprint density at radius 1 is 1.33 bits per heavy atom. The van der Waals surface area contributed by atoms with Crippen LogP contribution in [0.15, 0.2) is 22.7 Å². The molecule has 0 aliphatic carbocycles. The van der Waals surface area contributed by atoms with Crippen LogP contribution in [-0.2, 0) is 4.74 Å². The molecule has 3 heterocycles. The van der Waals surface area contributed by atoms with Crippen LogP contribution >= 0.6 is 11.6 Å². The Labute approximate surface area is 163 Å². The molecule has 0 bridgehead atoms. The first-order valence-electron chi connectivity index (χ1n) is 9.17. The minimum atomic E-state index is -0.139. The van der Waals surface area contributed by atoms with E-state index >= 15 is 0 Å². The lowest BCUT2D eigenvalue weighted by molar-refractivity contribution is 0.00959. The van der Waals surface area contributed by atoms with E-state index in [-0.39, 0.29) is 17.4 Å². The molecule has 27 heavy (non-hydrogen) atoms. The van der Waals surface area contributed by atoms with E-state index in [0.29, 0.717) is 48.7 Å². The molecule has 8 heteroatoms. The van der Waals surface area contributed by atoms with Crippen LogP contribution in [0.2, 0.25) is 5.02 Å². The third-order valence-corrected chi connectivity index (χ3v) is 6.10. The highest BCUT2D eigenvalue weighted by molar-refractivity contribution is 6.31. The molecule has 4 rings (SSSR count). The zero-order valence-corrected chi connectivity index (χ0v) is 16.3. The normalized spacial score (nSPS) is 21.6. The van der Waals surface area contributed by atoms with Gasteiger partial charge in [-0.25, -0.2) is 4.79 Å². The second-order valence-electron chi connectivity index (χ2n) is 7.48. The molecule has 2 aliphatic heterocycles. The molecule has 2 saturated heterocycles. The maximum atomic E-state index is 12.9. The smallest absolute Gasteiger partial charge is 0.321 e. The van der Waals surface area contributed by atoms with Crippen molar-refractivity contribution in [3.05, 3.63) is 40.5 Å². The van der Waals surface area contributed by atoms with Gasteiger partial charge in [-0.3, -0.25) is 0 Å². The fraction of sp³-hybridized carbons (Fsp3) is 0.526. The van der Waals surface area contributed by atoms with Crippen molar-refractivity contribution in [1.29, 1.82) is 0 Å². The topological polar surface area (TPSA) is 80.5 Å². The Balaban J connectivity index is 1.55. The van der Waals surface area contributed by atoms with Crippen molar-refractivity contribution in [1.82, 2.24) is 15.0 Å². The van der Waals surface area contributed by atoms with Gasteiger partial charge < -0.3 is 19.5 Å². The summed E-state index contributed by atoms with van der Waals surface area (Å²) < 4.78 is 11.0. The minimum Gasteiger partial charge on any atom is -0.381 e. The second-order valence-corrected chi connectivity index (χ2v) is 7.89. The summed E-state index contributed by atoms with van der Waals surface area (Å²) in [7, 11) is 0. The number of anilines is 1. The lowest BCUT2D eigenvalue weighted by Gasteiger charge is -2.36. The maximum Gasteiger partial charge on any atom is 0.321 e. The van der Waals surface area contributed by atoms with Gasteiger partial charge in [0.1, 0.15) is 0 Å². The number of ether oxygens (including phenoxy) is 1. The van der Waals surface area contributed by atoms with Crippen LogP contribution in [0.5, 0.6) is 0 Å². The van der Waals surface area contributed by atoms with Gasteiger partial charge in [-0.05, 0) is 44.4 Å². The average molecular weight is 391 g/mol. The molecule has 0 unspecified atom stereocenters. The summed E-state index contributed by atoms with van der Waals surface area (Å²) in [5, 5.41) is 7.53. The van der Waals surface area contributed by atoms with Crippen molar-refractivity contribution in [3.63, 3.8) is 0 Å². The van der Waals surface area contributed by atoms with Gasteiger partial charge in [-0.1, -0.05) is 22.8 Å². The van der Waals surface area contributed by atoms with Gasteiger partial charge in [0.05, 0.1) is 5.92 Å². The summed E-state index contributed by atoms with van der Waals surface area (Å²) in [4.78, 5) is 19.2. The predicted octanol–water partition coefficient (Wildman–Crippen LogP) is 3.77. The third kappa shape index (κ3) is 3.53. The number of nitrogens with one attached hydrogen (secondary N) is 1. The van der Waals surface area contributed by atoms with Crippen molar-refractivity contribution in [2.75, 3.05) is 31.6 Å². The number of nitrogens with zero attached hydrogens (tertiary/aromatic N) is 3. The zero-order valence-electron chi connectivity index (χ0n) is 15.5. The highest BCUT2D eigenvalue weighted by Crippen LogP contribution is 2.49. The van der Waals surface area contributed by atoms with Crippen molar-refractivity contribution < 1.29 is 14.1 Å². The van der Waals surface area contributed by atoms with E-state index in [1.165, 1.54) is 0 Å². The Morgan fingerprint density at radius 3 is 2.78 bits per heavy atom. The first-order chi connectivity index (χ1) is 13.0. The molecule has 1 aromatic heterocycles. The quantitative estimate of drug-likeness (QED) is 0.844. The molecular weight excluding hydrogens is 368 g/mol. The van der Waals surface area contributed by atoms with Crippen LogP contribution in [0.25, 0.3) is 0 Å². The Hall–Kier alpha value is -2.12. The predicted molar refractivity (Wildman–Crippen MR) is 101 cm³/mol. The lowest BCUT2D eigenvalue weighted by atomic mass is 9.72. The number of carbonyl (C=O) groups excluding carboxylic acids is 1. The molecule has 7 nitrogen and oxygen atoms in total. The fourth-order valence-corrected chi connectivity index (χ4v) is 4.26. The number of amides is 2. The molecule has 2 fully saturated rings. The SMILES string of the molecule is Cc1noc([C@H]2CN(C(=O)Nc3ccc(C)c(Cl)c3)CC23CCOCC3)n1. The number of benzene rings is 1. The van der Waals surface area contributed by atoms with E-state index in [4.69, 9.17) is 20.9 Å². The Morgan fingerprint density at radius 2 is 2.11 bits per heavy atom. The zero-order chi connectivity index (χ0) is 19.0. The molecule has 2 aromatic rings. The summed E-state index contributed by atoms with van der Waals surface area (Å²) in [5.41, 5.74) is 1.58. The van der Waals surface area contributed by atoms with Crippen molar-refractivity contribution in [3.8, 4) is 0 Å². The van der Waals surface area contributed by atoms with Crippen molar-refractivity contribution >= 4 is 23.3 Å². The van der Waals surface area contributed by atoms with E-state index in [0.717, 1.165) is 18.4 Å². The molecular formula is C19H23ClN4O3. The average Bonchev–Trinajstić information content (AvgIpc) is 3.23. The Bertz CT molecular complexity index is 847. The number of urea groups is 1. The van der Waals surface area contributed by atoms with Gasteiger partial charge in [-0.15, -0.1) is 0 Å². The highest BCUT2D eigenvalue weighted by Gasteiger charge is 2.51. The van der Waals surface area contributed by atoms with E-state index < -0.39 is 0 Å². The molecule has 0 saturated carbocycles. The number of halogens is 1. The van der Waals surface area contributed by atoms with E-state index in [2.05, 4.69) is 15.5 Å². The molecule has 1 N–H and O–H groups in total. The molecule has 1 aromatic carbocycles. The lowest BCUT2D eigenvalue weighted by Crippen LogP contribution is -2.38. The number of hydrogen-bond donors (Lipinski definition) is 1. The summed E-state index contributed by atoms with van der Waals surface area (Å²) in [6, 6.07) is 5.39. The third-order valence-electron chi connectivity index (χ3n) is 5.69. The highest BCUT2D eigenvalue weighted by atomic mass is 35.5. The van der Waals surface area contributed by atoms with Gasteiger partial charge in [0.25, 0.3) is 0 Å². The summed E-state index contributed by atoms with van der Waals surface area (Å²) in [6.45, 7) is 6.31. The van der Waals surface area contributed by atoms with Gasteiger partial charge in [0.15, 0.2) is 5.82 Å². The molecule has 1 spiro atoms. The number of aromatic nitrogens is 2. The molecule has 2 aliphatic rings. The number of carbonyl (C=O) groups is 1. The largest absolute Gasteiger partial charge is 0.381 e. The van der Waals surface area contributed by atoms with Crippen molar-refractivity contribution in [2.24, 2.45) is 5.41 Å². The number of likely N-dealkylation sites (tertiary alicyclic amines) is 1. The van der Waals surface area contributed by atoms with Crippen LogP contribution in [0.3, 0.4) is 0 Å². The number of aryl methyl sites for hydroxylation is 2. The maximum absolute atomic E-state index is 12.9. The number of rotatable bonds is 2. The molecule has 2 amide bonds. The molecule has 1 atom stereocenters. The van der Waals surface area contributed by atoms with Gasteiger partial charge in [-0.2, -0.15) is 4.98 Å². The van der Waals surface area contributed by atoms with Crippen LogP contribution in [-0.4, -0.2) is 47.4 Å². The molecule has 144 valence electrons. The van der Waals surface area contributed by atoms with Gasteiger partial charge in [0.2, 0.25) is 5.89 Å². The second kappa shape index (κ2) is 7.13. The summed E-state index contributed by atoms with van der Waals surface area (Å²) >= 11 is 6.17. The summed E-state index contributed by atoms with van der Waals surface area (Å²) in [5.74, 6) is 1.25. The minimum absolute atomic E-state index is 0.0231. The van der Waals surface area contributed by atoms with Crippen LogP contribution in [0.4, 0.5) is 10.5 Å². The van der Waals surface area contributed by atoms with Crippen LogP contribution < -0.4 is 5.32 Å².